The summed E-state index contributed by atoms with van der Waals surface area (Å²) in [5.74, 6) is 0. The summed E-state index contributed by atoms with van der Waals surface area (Å²) in [6.45, 7) is 0. The van der Waals surface area contributed by atoms with E-state index in [0.717, 1.165) is 25.7 Å². The van der Waals surface area contributed by atoms with E-state index in [9.17, 15) is 10.2 Å². The van der Waals surface area contributed by atoms with Gasteiger partial charge in [-0.3, -0.25) is 0 Å². The van der Waals surface area contributed by atoms with Crippen molar-refractivity contribution >= 4 is 12.4 Å². The van der Waals surface area contributed by atoms with E-state index in [-0.39, 0.29) is 36.7 Å². The average Bonchev–Trinajstić information content (AvgIpc) is 2.42. The number of nitrogens with one attached hydrogen (secondary N) is 1. The Morgan fingerprint density at radius 3 is 1.67 bits per heavy atom. The molecule has 0 aromatic carbocycles. The lowest BCUT2D eigenvalue weighted by Gasteiger charge is -2.15. The van der Waals surface area contributed by atoms with Crippen LogP contribution in [-0.2, 0) is 0 Å². The molecule has 0 aromatic heterocycles. The van der Waals surface area contributed by atoms with Crippen molar-refractivity contribution in [1.82, 2.24) is 5.32 Å². The zero-order chi connectivity index (χ0) is 7.84. The molecule has 2 saturated heterocycles. The van der Waals surface area contributed by atoms with Crippen molar-refractivity contribution in [3.05, 3.63) is 0 Å². The van der Waals surface area contributed by atoms with Crippen molar-refractivity contribution in [3.63, 3.8) is 0 Å². The summed E-state index contributed by atoms with van der Waals surface area (Å²) < 4.78 is 0. The van der Waals surface area contributed by atoms with E-state index in [4.69, 9.17) is 0 Å². The van der Waals surface area contributed by atoms with Crippen LogP contribution in [0, 0.1) is 0 Å². The van der Waals surface area contributed by atoms with Crippen LogP contribution in [0.4, 0.5) is 0 Å². The number of aliphatic hydroxyl groups is 2. The molecule has 2 aliphatic rings. The Bertz CT molecular complexity index is 140. The zero-order valence-corrected chi connectivity index (χ0v) is 7.76. The SMILES string of the molecule is Cl.OC1CCC(O)C2CCC1N2. The lowest BCUT2D eigenvalue weighted by Crippen LogP contribution is -2.38. The van der Waals surface area contributed by atoms with Crippen LogP contribution in [0.1, 0.15) is 25.7 Å². The second-order valence-corrected chi connectivity index (χ2v) is 3.67. The number of rotatable bonds is 0. The van der Waals surface area contributed by atoms with Crippen LogP contribution >= 0.6 is 12.4 Å². The van der Waals surface area contributed by atoms with Gasteiger partial charge >= 0.3 is 0 Å². The van der Waals surface area contributed by atoms with Crippen LogP contribution < -0.4 is 5.32 Å². The monoisotopic (exact) mass is 193 g/mol. The molecule has 2 bridgehead atoms. The molecule has 4 unspecified atom stereocenters. The number of hydrogen-bond acceptors (Lipinski definition) is 3. The maximum absolute atomic E-state index is 9.52. The molecule has 3 N–H and O–H groups in total. The molecule has 0 saturated carbocycles. The van der Waals surface area contributed by atoms with Gasteiger partial charge in [0.25, 0.3) is 0 Å². The molecule has 0 aliphatic carbocycles. The second-order valence-electron chi connectivity index (χ2n) is 3.67. The first-order valence-corrected chi connectivity index (χ1v) is 4.39. The smallest absolute Gasteiger partial charge is 0.0694 e. The fourth-order valence-electron chi connectivity index (χ4n) is 2.15. The van der Waals surface area contributed by atoms with Gasteiger partial charge in [-0.25, -0.2) is 0 Å². The molecule has 0 radical (unpaired) electrons. The second kappa shape index (κ2) is 3.92. The fraction of sp³-hybridized carbons (Fsp3) is 1.00. The summed E-state index contributed by atoms with van der Waals surface area (Å²) in [5, 5.41) is 22.3. The molecule has 0 spiro atoms. The first-order valence-electron chi connectivity index (χ1n) is 4.39. The standard InChI is InChI=1S/C8H15NO2.ClH/c10-7-3-4-8(11)6-2-1-5(7)9-6;/h5-11H,1-4H2;1H. The van der Waals surface area contributed by atoms with E-state index < -0.39 is 0 Å². The Balaban J connectivity index is 0.000000720. The number of aliphatic hydroxyl groups excluding tert-OH is 2. The molecule has 2 aliphatic heterocycles. The third kappa shape index (κ3) is 1.74. The number of fused-ring (bicyclic) bond motifs is 2. The topological polar surface area (TPSA) is 52.5 Å². The van der Waals surface area contributed by atoms with Gasteiger partial charge in [0.1, 0.15) is 0 Å². The van der Waals surface area contributed by atoms with Crippen LogP contribution in [0.3, 0.4) is 0 Å². The summed E-state index contributed by atoms with van der Waals surface area (Å²) in [5.41, 5.74) is 0. The Hall–Kier alpha value is 0.170. The predicted octanol–water partition coefficient (Wildman–Crippen LogP) is 0.0444. The lowest BCUT2D eigenvalue weighted by molar-refractivity contribution is 0.105. The van der Waals surface area contributed by atoms with Gasteiger partial charge in [0.05, 0.1) is 12.2 Å². The van der Waals surface area contributed by atoms with E-state index in [0.29, 0.717) is 0 Å². The largest absolute Gasteiger partial charge is 0.392 e. The highest BCUT2D eigenvalue weighted by Crippen LogP contribution is 2.25. The Labute approximate surface area is 78.6 Å². The minimum atomic E-state index is -0.239. The van der Waals surface area contributed by atoms with Crippen LogP contribution in [0.15, 0.2) is 0 Å². The quantitative estimate of drug-likeness (QED) is 0.510. The van der Waals surface area contributed by atoms with Gasteiger partial charge in [-0.05, 0) is 25.7 Å². The van der Waals surface area contributed by atoms with Gasteiger partial charge in [0, 0.05) is 12.1 Å². The Kier molecular flexibility index (Phi) is 3.35. The van der Waals surface area contributed by atoms with Gasteiger partial charge in [0.15, 0.2) is 0 Å². The molecule has 3 nitrogen and oxygen atoms in total. The molecule has 2 rings (SSSR count). The number of halogens is 1. The fourth-order valence-corrected chi connectivity index (χ4v) is 2.15. The van der Waals surface area contributed by atoms with Gasteiger partial charge in [-0.2, -0.15) is 0 Å². The van der Waals surface area contributed by atoms with Crippen LogP contribution in [0.25, 0.3) is 0 Å². The molecule has 72 valence electrons. The third-order valence-electron chi connectivity index (χ3n) is 2.90. The molecule has 0 aromatic rings. The first kappa shape index (κ1) is 10.3. The summed E-state index contributed by atoms with van der Waals surface area (Å²) >= 11 is 0. The molecule has 0 amide bonds. The van der Waals surface area contributed by atoms with Crippen molar-refractivity contribution < 1.29 is 10.2 Å². The lowest BCUT2D eigenvalue weighted by atomic mass is 9.97. The van der Waals surface area contributed by atoms with Gasteiger partial charge in [0.2, 0.25) is 0 Å². The minimum absolute atomic E-state index is 0. The van der Waals surface area contributed by atoms with E-state index in [2.05, 4.69) is 5.32 Å². The normalized spacial score (nSPS) is 46.5. The summed E-state index contributed by atoms with van der Waals surface area (Å²) in [6, 6.07) is 0.495. The molecule has 12 heavy (non-hydrogen) atoms. The van der Waals surface area contributed by atoms with Crippen molar-refractivity contribution in [2.75, 3.05) is 0 Å². The maximum Gasteiger partial charge on any atom is 0.0694 e. The van der Waals surface area contributed by atoms with Crippen LogP contribution in [0.2, 0.25) is 0 Å². The van der Waals surface area contributed by atoms with E-state index in [1.165, 1.54) is 0 Å². The maximum atomic E-state index is 9.52. The molecular weight excluding hydrogens is 178 g/mol. The Morgan fingerprint density at radius 1 is 0.833 bits per heavy atom. The minimum Gasteiger partial charge on any atom is -0.392 e. The summed E-state index contributed by atoms with van der Waals surface area (Å²) in [6.07, 6.45) is 3.05. The molecule has 2 heterocycles. The molecule has 4 atom stereocenters. The molecule has 2 fully saturated rings. The van der Waals surface area contributed by atoms with E-state index in [1.807, 2.05) is 0 Å². The van der Waals surface area contributed by atoms with Crippen LogP contribution in [-0.4, -0.2) is 34.5 Å². The average molecular weight is 194 g/mol. The Morgan fingerprint density at radius 2 is 1.25 bits per heavy atom. The predicted molar refractivity (Wildman–Crippen MR) is 48.4 cm³/mol. The van der Waals surface area contributed by atoms with Crippen molar-refractivity contribution in [1.29, 1.82) is 0 Å². The highest BCUT2D eigenvalue weighted by Gasteiger charge is 2.36. The van der Waals surface area contributed by atoms with E-state index in [1.54, 1.807) is 0 Å². The highest BCUT2D eigenvalue weighted by molar-refractivity contribution is 5.85. The van der Waals surface area contributed by atoms with Crippen LogP contribution in [0.5, 0.6) is 0 Å². The van der Waals surface area contributed by atoms with Gasteiger partial charge < -0.3 is 15.5 Å². The molecule has 4 heteroatoms. The first-order chi connectivity index (χ1) is 5.27. The van der Waals surface area contributed by atoms with Gasteiger partial charge in [-0.15, -0.1) is 12.4 Å². The number of hydrogen-bond donors (Lipinski definition) is 3. The van der Waals surface area contributed by atoms with E-state index >= 15 is 0 Å². The summed E-state index contributed by atoms with van der Waals surface area (Å²) in [7, 11) is 0. The third-order valence-corrected chi connectivity index (χ3v) is 2.90. The van der Waals surface area contributed by atoms with Gasteiger partial charge in [-0.1, -0.05) is 0 Å². The molecular formula is C8H16ClNO2. The van der Waals surface area contributed by atoms with Crippen molar-refractivity contribution in [2.24, 2.45) is 0 Å². The zero-order valence-electron chi connectivity index (χ0n) is 6.94. The highest BCUT2D eigenvalue weighted by atomic mass is 35.5. The van der Waals surface area contributed by atoms with Crippen molar-refractivity contribution in [3.8, 4) is 0 Å². The van der Waals surface area contributed by atoms with Crippen molar-refractivity contribution in [2.45, 2.75) is 50.0 Å². The summed E-state index contributed by atoms with van der Waals surface area (Å²) in [4.78, 5) is 0.